The molecule has 6 N–H and O–H groups in total. The standard InChI is InChI=1S/C50H85O12P/c1-3-5-7-9-11-13-15-17-19-21-22-23-25-27-29-31-33-35-37-39-44(51)61-43(42-60-63(57,58)62-50-48(55)46(53)45(52)47(54)49(50)56)41-59-40-38-36-34-32-30-28-26-24-20-18-16-14-12-10-8-6-4-2/h5,7,11,13-14,16-17,19-20,22-24,27,29,43,45-50,52-56H,3-4,6,8-10,12,15,18,21,25-26,28,30-42H2,1-2H3,(H,57,58)/b7-5-,13-11-,16-14-,19-17-,23-22-,24-20-,29-27-. The average molecular weight is 909 g/mol. The van der Waals surface area contributed by atoms with Crippen LogP contribution in [-0.4, -0.2) is 98.9 Å². The molecule has 1 aliphatic rings. The molecule has 1 fully saturated rings. The van der Waals surface area contributed by atoms with Crippen LogP contribution >= 0.6 is 7.82 Å². The van der Waals surface area contributed by atoms with Crippen molar-refractivity contribution in [2.75, 3.05) is 19.8 Å². The summed E-state index contributed by atoms with van der Waals surface area (Å²) >= 11 is 0. The second-order valence-electron chi connectivity index (χ2n) is 16.2. The maximum Gasteiger partial charge on any atom is 0.472 e. The van der Waals surface area contributed by atoms with Crippen LogP contribution in [-0.2, 0) is 27.9 Å². The molecule has 6 atom stereocenters. The number of rotatable bonds is 39. The third-order valence-corrected chi connectivity index (χ3v) is 11.5. The van der Waals surface area contributed by atoms with Crippen molar-refractivity contribution in [3.05, 3.63) is 85.1 Å². The number of esters is 1. The molecular formula is C50H85O12P. The van der Waals surface area contributed by atoms with E-state index in [4.69, 9.17) is 18.5 Å². The van der Waals surface area contributed by atoms with Gasteiger partial charge in [-0.15, -0.1) is 0 Å². The predicted molar refractivity (Wildman–Crippen MR) is 253 cm³/mol. The Morgan fingerprint density at radius 2 is 0.937 bits per heavy atom. The lowest BCUT2D eigenvalue weighted by atomic mass is 9.85. The van der Waals surface area contributed by atoms with Crippen molar-refractivity contribution in [1.82, 2.24) is 0 Å². The molecule has 0 aromatic heterocycles. The summed E-state index contributed by atoms with van der Waals surface area (Å²) < 4.78 is 34.2. The Bertz CT molecular complexity index is 1360. The van der Waals surface area contributed by atoms with Gasteiger partial charge in [-0.1, -0.05) is 150 Å². The molecule has 63 heavy (non-hydrogen) atoms. The summed E-state index contributed by atoms with van der Waals surface area (Å²) in [6.45, 7) is 4.06. The van der Waals surface area contributed by atoms with Gasteiger partial charge in [-0.3, -0.25) is 13.8 Å². The first-order chi connectivity index (χ1) is 30.5. The summed E-state index contributed by atoms with van der Waals surface area (Å²) in [4.78, 5) is 23.2. The topological polar surface area (TPSA) is 192 Å². The minimum atomic E-state index is -5.04. The van der Waals surface area contributed by atoms with Crippen LogP contribution in [0.4, 0.5) is 0 Å². The van der Waals surface area contributed by atoms with Crippen molar-refractivity contribution >= 4 is 13.8 Å². The van der Waals surface area contributed by atoms with Crippen molar-refractivity contribution in [3.8, 4) is 0 Å². The SMILES string of the molecule is CC/C=C\C/C=C\C/C=C\C/C=C\C/C=C\CCCCCC(=O)OC(COCCCCCCCC/C=C\C/C=C\CCCCCC)COP(=O)(O)OC1C(O)C(O)C(O)C(O)C1O. The Morgan fingerprint density at radius 3 is 1.43 bits per heavy atom. The molecule has 1 aliphatic carbocycles. The number of phosphoric ester groups is 1. The molecule has 13 heteroatoms. The zero-order valence-corrected chi connectivity index (χ0v) is 39.5. The quantitative estimate of drug-likeness (QED) is 0.0148. The minimum Gasteiger partial charge on any atom is -0.457 e. The van der Waals surface area contributed by atoms with Crippen molar-refractivity contribution in [1.29, 1.82) is 0 Å². The molecule has 0 aromatic rings. The van der Waals surface area contributed by atoms with Gasteiger partial charge in [0.2, 0.25) is 0 Å². The number of hydrogen-bond acceptors (Lipinski definition) is 11. The zero-order valence-electron chi connectivity index (χ0n) is 38.6. The first-order valence-corrected chi connectivity index (χ1v) is 25.4. The minimum absolute atomic E-state index is 0.103. The number of unbranched alkanes of at least 4 members (excludes halogenated alkanes) is 13. The summed E-state index contributed by atoms with van der Waals surface area (Å²) in [7, 11) is -5.04. The van der Waals surface area contributed by atoms with Crippen LogP contribution in [0.5, 0.6) is 0 Å². The van der Waals surface area contributed by atoms with E-state index in [9.17, 15) is 39.8 Å². The summed E-state index contributed by atoms with van der Waals surface area (Å²) in [5, 5.41) is 50.2. The molecule has 0 aromatic carbocycles. The van der Waals surface area contributed by atoms with Crippen molar-refractivity contribution in [3.63, 3.8) is 0 Å². The number of allylic oxidation sites excluding steroid dienone is 14. The number of carbonyl (C=O) groups excluding carboxylic acids is 1. The molecule has 6 unspecified atom stereocenters. The molecule has 0 aliphatic heterocycles. The number of carbonyl (C=O) groups is 1. The van der Waals surface area contributed by atoms with Gasteiger partial charge in [0.1, 0.15) is 42.7 Å². The molecule has 0 saturated heterocycles. The van der Waals surface area contributed by atoms with Gasteiger partial charge in [0, 0.05) is 13.0 Å². The van der Waals surface area contributed by atoms with E-state index in [0.717, 1.165) is 103 Å². The predicted octanol–water partition coefficient (Wildman–Crippen LogP) is 10.1. The van der Waals surface area contributed by atoms with Gasteiger partial charge in [0.15, 0.2) is 0 Å². The van der Waals surface area contributed by atoms with E-state index >= 15 is 0 Å². The van der Waals surface area contributed by atoms with Crippen LogP contribution in [0.25, 0.3) is 0 Å². The largest absolute Gasteiger partial charge is 0.472 e. The van der Waals surface area contributed by atoms with Gasteiger partial charge in [-0.05, 0) is 89.9 Å². The number of aliphatic hydroxyl groups is 5. The normalized spacial score (nSPS) is 22.6. The Labute approximate surface area is 380 Å². The Kier molecular flexibility index (Phi) is 37.0. The average Bonchev–Trinajstić information content (AvgIpc) is 3.27. The highest BCUT2D eigenvalue weighted by Gasteiger charge is 2.51. The van der Waals surface area contributed by atoms with Crippen LogP contribution in [0, 0.1) is 0 Å². The third kappa shape index (κ3) is 31.9. The van der Waals surface area contributed by atoms with Crippen molar-refractivity contribution in [2.45, 2.75) is 204 Å². The second-order valence-corrected chi connectivity index (χ2v) is 17.6. The lowest BCUT2D eigenvalue weighted by Crippen LogP contribution is -2.64. The van der Waals surface area contributed by atoms with E-state index in [-0.39, 0.29) is 13.0 Å². The molecule has 0 spiro atoms. The highest BCUT2D eigenvalue weighted by Crippen LogP contribution is 2.47. The van der Waals surface area contributed by atoms with Gasteiger partial charge in [0.05, 0.1) is 13.2 Å². The van der Waals surface area contributed by atoms with Gasteiger partial charge < -0.3 is 39.9 Å². The van der Waals surface area contributed by atoms with E-state index in [1.54, 1.807) is 0 Å². The van der Waals surface area contributed by atoms with Crippen LogP contribution in [0.2, 0.25) is 0 Å². The molecule has 0 amide bonds. The zero-order chi connectivity index (χ0) is 46.2. The molecular weight excluding hydrogens is 824 g/mol. The Hall–Kier alpha value is -2.48. The van der Waals surface area contributed by atoms with Crippen molar-refractivity contribution in [2.24, 2.45) is 0 Å². The smallest absolute Gasteiger partial charge is 0.457 e. The first-order valence-electron chi connectivity index (χ1n) is 23.9. The van der Waals surface area contributed by atoms with Gasteiger partial charge in [0.25, 0.3) is 0 Å². The second kappa shape index (κ2) is 39.8. The molecule has 0 radical (unpaired) electrons. The highest BCUT2D eigenvalue weighted by molar-refractivity contribution is 7.47. The Morgan fingerprint density at radius 1 is 0.524 bits per heavy atom. The van der Waals surface area contributed by atoms with E-state index in [2.05, 4.69) is 98.9 Å². The lowest BCUT2D eigenvalue weighted by molar-refractivity contribution is -0.220. The maximum atomic E-state index is 12.8. The number of phosphoric acid groups is 1. The molecule has 1 rings (SSSR count). The van der Waals surface area contributed by atoms with Crippen LogP contribution in [0.3, 0.4) is 0 Å². The fourth-order valence-electron chi connectivity index (χ4n) is 6.70. The molecule has 0 bridgehead atoms. The number of ether oxygens (including phenoxy) is 2. The first kappa shape index (κ1) is 58.5. The maximum absolute atomic E-state index is 12.8. The van der Waals surface area contributed by atoms with Gasteiger partial charge in [-0.25, -0.2) is 4.57 Å². The molecule has 0 heterocycles. The van der Waals surface area contributed by atoms with Crippen molar-refractivity contribution < 1.29 is 58.3 Å². The Balaban J connectivity index is 2.43. The van der Waals surface area contributed by atoms with Gasteiger partial charge in [-0.2, -0.15) is 0 Å². The molecule has 1 saturated carbocycles. The number of hydrogen-bond donors (Lipinski definition) is 6. The molecule has 12 nitrogen and oxygen atoms in total. The van der Waals surface area contributed by atoms with E-state index in [0.29, 0.717) is 13.0 Å². The summed E-state index contributed by atoms with van der Waals surface area (Å²) in [6, 6.07) is 0. The highest BCUT2D eigenvalue weighted by atomic mass is 31.2. The number of aliphatic hydroxyl groups excluding tert-OH is 5. The van der Waals surface area contributed by atoms with Crippen LogP contribution < -0.4 is 0 Å². The van der Waals surface area contributed by atoms with Gasteiger partial charge >= 0.3 is 13.8 Å². The summed E-state index contributed by atoms with van der Waals surface area (Å²) in [5.41, 5.74) is 0. The summed E-state index contributed by atoms with van der Waals surface area (Å²) in [5.74, 6) is -0.516. The van der Waals surface area contributed by atoms with E-state index in [1.807, 2.05) is 0 Å². The van der Waals surface area contributed by atoms with E-state index < -0.39 is 63.1 Å². The summed E-state index contributed by atoms with van der Waals surface area (Å²) in [6.07, 6.45) is 40.7. The van der Waals surface area contributed by atoms with E-state index in [1.165, 1.54) is 32.1 Å². The monoisotopic (exact) mass is 909 g/mol. The third-order valence-electron chi connectivity index (χ3n) is 10.5. The van der Waals surface area contributed by atoms with Crippen LogP contribution in [0.15, 0.2) is 85.1 Å². The fourth-order valence-corrected chi connectivity index (χ4v) is 7.68. The fraction of sp³-hybridized carbons (Fsp3) is 0.700. The lowest BCUT2D eigenvalue weighted by Gasteiger charge is -2.41. The molecule has 362 valence electrons. The van der Waals surface area contributed by atoms with Crippen LogP contribution in [0.1, 0.15) is 162 Å².